The smallest absolute Gasteiger partial charge is 0.515 e. The minimum atomic E-state index is -0.837. The van der Waals surface area contributed by atoms with Gasteiger partial charge in [-0.3, -0.25) is 0 Å². The first-order valence-electron chi connectivity index (χ1n) is 5.91. The second-order valence-corrected chi connectivity index (χ2v) is 3.82. The Bertz CT molecular complexity index is 419. The van der Waals surface area contributed by atoms with Crippen molar-refractivity contribution < 1.29 is 54.3 Å². The van der Waals surface area contributed by atoms with Gasteiger partial charge in [0.2, 0.25) is 0 Å². The average Bonchev–Trinajstić information content (AvgIpc) is 3.27. The van der Waals surface area contributed by atoms with E-state index in [-0.39, 0.29) is 40.8 Å². The quantitative estimate of drug-likeness (QED) is 0.144. The second kappa shape index (κ2) is 9.73. The molecular weight excluding hydrogens is 452 g/mol. The molecule has 1 heterocycles. The Morgan fingerprint density at radius 1 is 1.24 bits per heavy atom. The molecule has 1 saturated heterocycles. The fourth-order valence-electron chi connectivity index (χ4n) is 1.24. The van der Waals surface area contributed by atoms with Crippen LogP contribution < -0.4 is 9.47 Å². The van der Waals surface area contributed by atoms with Crippen LogP contribution in [-0.2, 0) is 40.0 Å². The van der Waals surface area contributed by atoms with Gasteiger partial charge in [0.25, 0.3) is 0 Å². The summed E-state index contributed by atoms with van der Waals surface area (Å²) in [7, 11) is 1.53. The van der Waals surface area contributed by atoms with E-state index < -0.39 is 6.16 Å². The summed E-state index contributed by atoms with van der Waals surface area (Å²) in [6.45, 7) is 1.97. The first-order chi connectivity index (χ1) is 9.78. The van der Waals surface area contributed by atoms with Gasteiger partial charge in [-0.05, 0) is 24.3 Å². The van der Waals surface area contributed by atoms with Crippen molar-refractivity contribution >= 4 is 6.16 Å². The van der Waals surface area contributed by atoms with Crippen molar-refractivity contribution in [2.24, 2.45) is 0 Å². The van der Waals surface area contributed by atoms with Crippen LogP contribution in [0, 0.1) is 6.61 Å². The summed E-state index contributed by atoms with van der Waals surface area (Å²) < 4.78 is 29.4. The van der Waals surface area contributed by atoms with Crippen molar-refractivity contribution in [3.8, 4) is 11.5 Å². The molecule has 1 fully saturated rings. The van der Waals surface area contributed by atoms with Crippen LogP contribution in [0.2, 0.25) is 0 Å². The number of rotatable bonds is 8. The molecule has 1 aromatic carbocycles. The zero-order valence-corrected chi connectivity index (χ0v) is 14.3. The Morgan fingerprint density at radius 2 is 1.90 bits per heavy atom. The van der Waals surface area contributed by atoms with Crippen LogP contribution in [0.1, 0.15) is 0 Å². The van der Waals surface area contributed by atoms with E-state index in [4.69, 9.17) is 28.4 Å². The number of carbonyl (C=O) groups excluding carboxylic acids is 1. The molecule has 2 rings (SSSR count). The summed E-state index contributed by atoms with van der Waals surface area (Å²) in [4.78, 5) is 11.3. The van der Waals surface area contributed by atoms with Crippen molar-refractivity contribution in [3.63, 3.8) is 0 Å². The van der Waals surface area contributed by atoms with Crippen molar-refractivity contribution in [1.29, 1.82) is 0 Å². The third-order valence-electron chi connectivity index (χ3n) is 2.24. The number of ether oxygens (including phenoxy) is 6. The van der Waals surface area contributed by atoms with Crippen LogP contribution in [0.3, 0.4) is 0 Å². The van der Waals surface area contributed by atoms with Gasteiger partial charge in [0.15, 0.2) is 13.6 Å². The number of carbonyl (C=O) groups is 1. The van der Waals surface area contributed by atoms with Crippen LogP contribution >= 0.6 is 0 Å². The molecule has 0 amide bonds. The Labute approximate surface area is 136 Å². The predicted octanol–water partition coefficient (Wildman–Crippen LogP) is 1.72. The number of benzene rings is 1. The Balaban J connectivity index is 0.00000220. The van der Waals surface area contributed by atoms with E-state index >= 15 is 0 Å². The monoisotopic (exact) mass is 467 g/mol. The normalized spacial score (nSPS) is 15.8. The largest absolute Gasteiger partial charge is 0.568 e. The molecular formula is C13H15O7W-. The molecule has 0 radical (unpaired) electrons. The molecule has 8 heteroatoms. The molecule has 0 saturated carbocycles. The molecule has 0 N–H and O–H groups in total. The van der Waals surface area contributed by atoms with Gasteiger partial charge in [-0.1, -0.05) is 6.10 Å². The van der Waals surface area contributed by atoms with Crippen molar-refractivity contribution in [3.05, 3.63) is 30.9 Å². The van der Waals surface area contributed by atoms with Gasteiger partial charge in [-0.25, -0.2) is 4.79 Å². The maximum absolute atomic E-state index is 11.3. The van der Waals surface area contributed by atoms with Crippen LogP contribution in [0.25, 0.3) is 0 Å². The van der Waals surface area contributed by atoms with E-state index in [1.807, 2.05) is 0 Å². The number of hydrogen-bond acceptors (Lipinski definition) is 7. The van der Waals surface area contributed by atoms with Crippen LogP contribution in [0.5, 0.6) is 11.5 Å². The summed E-state index contributed by atoms with van der Waals surface area (Å²) in [6.07, 6.45) is -0.828. The Kier molecular flexibility index (Phi) is 8.30. The first-order valence-corrected chi connectivity index (χ1v) is 5.91. The maximum Gasteiger partial charge on any atom is 0.515 e. The van der Waals surface area contributed by atoms with Gasteiger partial charge in [-0.15, -0.1) is 0 Å². The predicted molar refractivity (Wildman–Crippen MR) is 66.0 cm³/mol. The van der Waals surface area contributed by atoms with Crippen molar-refractivity contribution in [1.82, 2.24) is 0 Å². The second-order valence-electron chi connectivity index (χ2n) is 3.82. The molecule has 0 bridgehead atoms. The molecule has 0 aliphatic carbocycles. The summed E-state index contributed by atoms with van der Waals surface area (Å²) in [6, 6.07) is 6.47. The summed E-state index contributed by atoms with van der Waals surface area (Å²) in [5.74, 6) is 0.954. The van der Waals surface area contributed by atoms with E-state index in [1.165, 1.54) is 7.11 Å². The van der Waals surface area contributed by atoms with Gasteiger partial charge in [0, 0.05) is 34.8 Å². The maximum atomic E-state index is 11.3. The summed E-state index contributed by atoms with van der Waals surface area (Å²) in [5.41, 5.74) is 0. The molecule has 0 aromatic heterocycles. The third kappa shape index (κ3) is 7.43. The fraction of sp³-hybridized carbons (Fsp3) is 0.385. The van der Waals surface area contributed by atoms with E-state index in [2.05, 4.69) is 0 Å². The molecule has 1 aromatic rings. The van der Waals surface area contributed by atoms with Gasteiger partial charge in [0.05, 0.1) is 0 Å². The van der Waals surface area contributed by atoms with E-state index in [9.17, 15) is 4.79 Å². The standard InChI is InChI=1S/C13H15O7.W/c1-15-8-18-10-2-4-11(5-3-10)20-13(14)19-9-16-6-12-7-17-12;/h2-5,7,12H,6,8-9H2,1H3;/q-1;. The molecule has 1 aliphatic rings. The van der Waals surface area contributed by atoms with Gasteiger partial charge in [0.1, 0.15) is 11.5 Å². The fourth-order valence-corrected chi connectivity index (χ4v) is 1.24. The van der Waals surface area contributed by atoms with Crippen LogP contribution in [0.15, 0.2) is 24.3 Å². The molecule has 1 unspecified atom stereocenters. The first kappa shape index (κ1) is 17.9. The van der Waals surface area contributed by atoms with Gasteiger partial charge >= 0.3 is 6.16 Å². The number of methoxy groups -OCH3 is 1. The topological polar surface area (TPSA) is 75.8 Å². The van der Waals surface area contributed by atoms with Crippen LogP contribution in [0.4, 0.5) is 4.79 Å². The summed E-state index contributed by atoms with van der Waals surface area (Å²) >= 11 is 0. The number of epoxide rings is 1. The van der Waals surface area contributed by atoms with E-state index in [1.54, 1.807) is 30.9 Å². The SMILES string of the molecule is COCOc1ccc(OC(=O)OCOCC2[CH-]O2)cc1.[W]. The van der Waals surface area contributed by atoms with E-state index in [0.29, 0.717) is 18.1 Å². The Morgan fingerprint density at radius 3 is 2.52 bits per heavy atom. The van der Waals surface area contributed by atoms with Crippen LogP contribution in [-0.4, -0.2) is 39.6 Å². The van der Waals surface area contributed by atoms with Crippen molar-refractivity contribution in [2.45, 2.75) is 6.10 Å². The third-order valence-corrected chi connectivity index (χ3v) is 2.24. The van der Waals surface area contributed by atoms with E-state index in [0.717, 1.165) is 0 Å². The average molecular weight is 467 g/mol. The molecule has 1 aliphatic heterocycles. The van der Waals surface area contributed by atoms with Gasteiger partial charge in [-0.2, -0.15) is 6.61 Å². The zero-order chi connectivity index (χ0) is 14.2. The number of hydrogen-bond donors (Lipinski definition) is 0. The molecule has 21 heavy (non-hydrogen) atoms. The summed E-state index contributed by atoms with van der Waals surface area (Å²) in [5, 5.41) is 0. The molecule has 0 spiro atoms. The van der Waals surface area contributed by atoms with Gasteiger partial charge < -0.3 is 28.4 Å². The minimum absolute atomic E-state index is 0. The Hall–Kier alpha value is -1.14. The molecule has 7 nitrogen and oxygen atoms in total. The van der Waals surface area contributed by atoms with Crippen molar-refractivity contribution in [2.75, 3.05) is 27.3 Å². The zero-order valence-electron chi connectivity index (χ0n) is 11.4. The minimum Gasteiger partial charge on any atom is -0.568 e. The molecule has 1 atom stereocenters. The molecule has 116 valence electrons.